The van der Waals surface area contributed by atoms with Crippen LogP contribution in [0.25, 0.3) is 11.3 Å². The van der Waals surface area contributed by atoms with Crippen molar-refractivity contribution >= 4 is 29.3 Å². The second kappa shape index (κ2) is 8.26. The minimum Gasteiger partial charge on any atom is -0.455 e. The summed E-state index contributed by atoms with van der Waals surface area (Å²) in [7, 11) is 1.40. The van der Waals surface area contributed by atoms with Gasteiger partial charge < -0.3 is 4.42 Å². The molecule has 0 spiro atoms. The minimum absolute atomic E-state index is 0.243. The van der Waals surface area contributed by atoms with Gasteiger partial charge in [0, 0.05) is 23.7 Å². The summed E-state index contributed by atoms with van der Waals surface area (Å²) in [6.45, 7) is 0. The Hall–Kier alpha value is -3.84. The summed E-state index contributed by atoms with van der Waals surface area (Å²) in [5, 5.41) is 6.52. The van der Waals surface area contributed by atoms with Gasteiger partial charge in [-0.15, -0.1) is 0 Å². The van der Waals surface area contributed by atoms with E-state index in [-0.39, 0.29) is 5.82 Å². The van der Waals surface area contributed by atoms with Crippen molar-refractivity contribution in [3.63, 3.8) is 0 Å². The maximum absolute atomic E-state index is 12.1. The van der Waals surface area contributed by atoms with Crippen LogP contribution in [0.2, 0.25) is 5.02 Å². The molecule has 0 unspecified atom stereocenters. The number of hydrogen-bond donors (Lipinski definition) is 1. The van der Waals surface area contributed by atoms with Crippen LogP contribution in [0.15, 0.2) is 91.9 Å². The second-order valence-electron chi connectivity index (χ2n) is 6.46. The van der Waals surface area contributed by atoms with Gasteiger partial charge in [-0.3, -0.25) is 14.3 Å². The van der Waals surface area contributed by atoms with E-state index >= 15 is 0 Å². The third-order valence-corrected chi connectivity index (χ3v) is 4.63. The van der Waals surface area contributed by atoms with Gasteiger partial charge in [-0.2, -0.15) is 5.10 Å². The Bertz CT molecular complexity index is 1290. The average Bonchev–Trinajstić information content (AvgIpc) is 3.22. The molecule has 1 N–H and O–H groups in total. The number of hydrazone groups is 1. The van der Waals surface area contributed by atoms with Crippen LogP contribution in [0.3, 0.4) is 0 Å². The van der Waals surface area contributed by atoms with Crippen molar-refractivity contribution in [2.24, 2.45) is 12.1 Å². The summed E-state index contributed by atoms with van der Waals surface area (Å²) in [6, 6.07) is 21.4. The smallest absolute Gasteiger partial charge is 0.329 e. The predicted octanol–water partition coefficient (Wildman–Crippen LogP) is 4.16. The normalized spacial score (nSPS) is 11.1. The fourth-order valence-electron chi connectivity index (χ4n) is 2.83. The summed E-state index contributed by atoms with van der Waals surface area (Å²) in [6.07, 6.45) is 1.51. The molecule has 2 aromatic carbocycles. The number of halogens is 1. The van der Waals surface area contributed by atoms with Gasteiger partial charge in [0.05, 0.1) is 11.9 Å². The van der Waals surface area contributed by atoms with E-state index in [0.29, 0.717) is 22.2 Å². The van der Waals surface area contributed by atoms with E-state index in [0.717, 1.165) is 10.1 Å². The highest BCUT2D eigenvalue weighted by Gasteiger charge is 2.12. The van der Waals surface area contributed by atoms with E-state index in [9.17, 15) is 9.59 Å². The molecule has 0 saturated carbocycles. The molecule has 0 aliphatic rings. The van der Waals surface area contributed by atoms with Gasteiger partial charge in [-0.05, 0) is 36.4 Å². The molecule has 0 radical (unpaired) electrons. The monoisotopic (exact) mass is 420 g/mol. The first kappa shape index (κ1) is 19.5. The molecule has 0 aliphatic carbocycles. The molecule has 30 heavy (non-hydrogen) atoms. The highest BCUT2D eigenvalue weighted by Crippen LogP contribution is 2.25. The van der Waals surface area contributed by atoms with E-state index in [1.54, 1.807) is 12.1 Å². The molecule has 0 saturated heterocycles. The van der Waals surface area contributed by atoms with Crippen molar-refractivity contribution in [1.29, 1.82) is 0 Å². The maximum Gasteiger partial charge on any atom is 0.329 e. The van der Waals surface area contributed by atoms with Crippen LogP contribution in [0.4, 0.5) is 11.5 Å². The van der Waals surface area contributed by atoms with E-state index in [1.807, 2.05) is 54.6 Å². The van der Waals surface area contributed by atoms with Gasteiger partial charge in [0.25, 0.3) is 5.56 Å². The average molecular weight is 421 g/mol. The van der Waals surface area contributed by atoms with Crippen molar-refractivity contribution in [2.45, 2.75) is 0 Å². The first-order chi connectivity index (χ1) is 14.5. The maximum atomic E-state index is 12.1. The van der Waals surface area contributed by atoms with Gasteiger partial charge in [0.1, 0.15) is 17.3 Å². The molecule has 2 aromatic heterocycles. The molecule has 0 fully saturated rings. The standard InChI is InChI=1S/C22H17ClN4O3/c1-26-21(28)13-20(25-22(26)29)27(17-8-3-2-4-9-17)24-14-18-10-11-19(30-18)15-6-5-7-16(23)12-15/h2-14H,1H3,(H,25,29). The fourth-order valence-corrected chi connectivity index (χ4v) is 3.02. The van der Waals surface area contributed by atoms with Crippen molar-refractivity contribution < 1.29 is 4.42 Å². The number of hydrogen-bond acceptors (Lipinski definition) is 5. The number of furan rings is 1. The third kappa shape index (κ3) is 4.11. The van der Waals surface area contributed by atoms with E-state index in [1.165, 1.54) is 24.3 Å². The van der Waals surface area contributed by atoms with Crippen molar-refractivity contribution in [2.75, 3.05) is 5.01 Å². The Morgan fingerprint density at radius 2 is 1.83 bits per heavy atom. The number of H-pyrrole nitrogens is 1. The first-order valence-corrected chi connectivity index (χ1v) is 9.44. The molecule has 7 nitrogen and oxygen atoms in total. The molecule has 0 bridgehead atoms. The van der Waals surface area contributed by atoms with Crippen LogP contribution < -0.4 is 16.3 Å². The zero-order valence-electron chi connectivity index (χ0n) is 15.9. The molecule has 8 heteroatoms. The summed E-state index contributed by atoms with van der Waals surface area (Å²) in [5.74, 6) is 1.39. The van der Waals surface area contributed by atoms with Crippen molar-refractivity contribution in [3.8, 4) is 11.3 Å². The SMILES string of the molecule is Cn1c(=O)cc(N(N=Cc2ccc(-c3cccc(Cl)c3)o2)c2ccccc2)[nH]c1=O. The number of nitrogens with one attached hydrogen (secondary N) is 1. The fraction of sp³-hybridized carbons (Fsp3) is 0.0455. The molecule has 0 atom stereocenters. The number of para-hydroxylation sites is 1. The Labute approximate surface area is 176 Å². The quantitative estimate of drug-likeness (QED) is 0.388. The van der Waals surface area contributed by atoms with Gasteiger partial charge in [0.2, 0.25) is 0 Å². The third-order valence-electron chi connectivity index (χ3n) is 4.40. The van der Waals surface area contributed by atoms with Crippen LogP contribution in [0.5, 0.6) is 0 Å². The lowest BCUT2D eigenvalue weighted by Crippen LogP contribution is -2.33. The number of aromatic nitrogens is 2. The molecule has 4 aromatic rings. The summed E-state index contributed by atoms with van der Waals surface area (Å²) >= 11 is 6.05. The zero-order chi connectivity index (χ0) is 21.1. The lowest BCUT2D eigenvalue weighted by molar-refractivity contribution is 0.575. The topological polar surface area (TPSA) is 83.6 Å². The number of aromatic amines is 1. The zero-order valence-corrected chi connectivity index (χ0v) is 16.7. The van der Waals surface area contributed by atoms with Crippen LogP contribution >= 0.6 is 11.6 Å². The van der Waals surface area contributed by atoms with E-state index in [4.69, 9.17) is 16.0 Å². The Morgan fingerprint density at radius 1 is 1.03 bits per heavy atom. The van der Waals surface area contributed by atoms with Gasteiger partial charge in [-0.25, -0.2) is 9.80 Å². The summed E-state index contributed by atoms with van der Waals surface area (Å²) in [4.78, 5) is 26.8. The molecule has 0 amide bonds. The van der Waals surface area contributed by atoms with Gasteiger partial charge in [-0.1, -0.05) is 41.9 Å². The lowest BCUT2D eigenvalue weighted by Gasteiger charge is -2.18. The van der Waals surface area contributed by atoms with Crippen LogP contribution in [0, 0.1) is 0 Å². The molecular weight excluding hydrogens is 404 g/mol. The first-order valence-electron chi connectivity index (χ1n) is 9.06. The van der Waals surface area contributed by atoms with Gasteiger partial charge >= 0.3 is 5.69 Å². The highest BCUT2D eigenvalue weighted by atomic mass is 35.5. The predicted molar refractivity (Wildman–Crippen MR) is 118 cm³/mol. The molecule has 150 valence electrons. The molecule has 4 rings (SSSR count). The van der Waals surface area contributed by atoms with E-state index < -0.39 is 11.2 Å². The number of nitrogens with zero attached hydrogens (tertiary/aromatic N) is 3. The number of benzene rings is 2. The Kier molecular flexibility index (Phi) is 5.36. The minimum atomic E-state index is -0.533. The highest BCUT2D eigenvalue weighted by molar-refractivity contribution is 6.30. The van der Waals surface area contributed by atoms with Crippen LogP contribution in [-0.4, -0.2) is 15.8 Å². The van der Waals surface area contributed by atoms with Crippen molar-refractivity contribution in [1.82, 2.24) is 9.55 Å². The summed E-state index contributed by atoms with van der Waals surface area (Å²) in [5.41, 5.74) is 0.540. The Morgan fingerprint density at radius 3 is 2.57 bits per heavy atom. The lowest BCUT2D eigenvalue weighted by atomic mass is 10.2. The Balaban J connectivity index is 1.70. The molecule has 2 heterocycles. The second-order valence-corrected chi connectivity index (χ2v) is 6.90. The van der Waals surface area contributed by atoms with Crippen LogP contribution in [0.1, 0.15) is 5.76 Å². The molecular formula is C22H17ClN4O3. The summed E-state index contributed by atoms with van der Waals surface area (Å²) < 4.78 is 6.83. The molecule has 0 aliphatic heterocycles. The number of rotatable bonds is 5. The van der Waals surface area contributed by atoms with Crippen LogP contribution in [-0.2, 0) is 7.05 Å². The largest absolute Gasteiger partial charge is 0.455 e. The van der Waals surface area contributed by atoms with Crippen molar-refractivity contribution in [3.05, 3.63) is 104 Å². The van der Waals surface area contributed by atoms with E-state index in [2.05, 4.69) is 10.1 Å². The van der Waals surface area contributed by atoms with Gasteiger partial charge in [0.15, 0.2) is 0 Å². The number of anilines is 2.